The number of carbonyl (C=O) groups excluding carboxylic acids is 1. The second-order valence-electron chi connectivity index (χ2n) is 10.7. The van der Waals surface area contributed by atoms with Gasteiger partial charge in [0.2, 0.25) is 0 Å². The van der Waals surface area contributed by atoms with E-state index in [-0.39, 0.29) is 17.3 Å². The summed E-state index contributed by atoms with van der Waals surface area (Å²) in [7, 11) is 0. The lowest BCUT2D eigenvalue weighted by atomic mass is 9.67. The molecular weight excluding hydrogens is 394 g/mol. The van der Waals surface area contributed by atoms with Gasteiger partial charge in [0, 0.05) is 13.1 Å². The van der Waals surface area contributed by atoms with Crippen molar-refractivity contribution in [2.45, 2.75) is 65.4 Å². The van der Waals surface area contributed by atoms with E-state index < -0.39 is 5.60 Å². The largest absolute Gasteiger partial charge is 0.460 e. The lowest BCUT2D eigenvalue weighted by Gasteiger charge is -2.47. The molecule has 3 heteroatoms. The van der Waals surface area contributed by atoms with Gasteiger partial charge in [-0.05, 0) is 57.1 Å². The van der Waals surface area contributed by atoms with E-state index in [2.05, 4.69) is 68.5 Å². The van der Waals surface area contributed by atoms with Gasteiger partial charge in [0.15, 0.2) is 0 Å². The third-order valence-corrected chi connectivity index (χ3v) is 6.99. The Labute approximate surface area is 195 Å². The Morgan fingerprint density at radius 2 is 1.91 bits per heavy atom. The highest BCUT2D eigenvalue weighted by Gasteiger charge is 2.38. The van der Waals surface area contributed by atoms with E-state index in [0.717, 1.165) is 26.1 Å². The standard InChI is InChI=1S/C29H40NO2/c1-7-23-14-11-15-26(19-23)29(6)16-17-30(20-22(29)2)21-25(27(31)32-28(3,4)5)18-24-12-9-8-10-13-24/h7-15,19,22,25H,16-18,20-21H2,1-6H3/q-1. The molecule has 3 atom stereocenters. The van der Waals surface area contributed by atoms with Crippen molar-refractivity contribution in [1.82, 2.24) is 4.90 Å². The fourth-order valence-electron chi connectivity index (χ4n) is 4.80. The Bertz CT molecular complexity index is 886. The fourth-order valence-corrected chi connectivity index (χ4v) is 4.80. The van der Waals surface area contributed by atoms with Crippen LogP contribution >= 0.6 is 0 Å². The number of nitrogens with zero attached hydrogens (tertiary/aromatic N) is 1. The molecule has 0 saturated carbocycles. The van der Waals surface area contributed by atoms with Gasteiger partial charge in [0.1, 0.15) is 5.60 Å². The molecule has 3 unspecified atom stereocenters. The average Bonchev–Trinajstić information content (AvgIpc) is 2.75. The number of likely N-dealkylation sites (tertiary alicyclic amines) is 1. The Hall–Kier alpha value is -2.26. The maximum absolute atomic E-state index is 13.1. The molecule has 1 fully saturated rings. The van der Waals surface area contributed by atoms with Gasteiger partial charge in [0.25, 0.3) is 0 Å². The van der Waals surface area contributed by atoms with Crippen molar-refractivity contribution in [3.63, 3.8) is 0 Å². The number of benzene rings is 2. The Balaban J connectivity index is 1.72. The van der Waals surface area contributed by atoms with Crippen molar-refractivity contribution in [3.05, 3.63) is 77.7 Å². The SMILES string of the molecule is C[CH-]c1cccc(C2(C)CCN(CC(Cc3ccccc3)C(=O)OC(C)(C)C)CC2C)c1. The molecule has 1 saturated heterocycles. The molecule has 0 aliphatic carbocycles. The van der Waals surface area contributed by atoms with Crippen LogP contribution < -0.4 is 0 Å². The molecular formula is C29H40NO2-. The van der Waals surface area contributed by atoms with E-state index in [4.69, 9.17) is 4.74 Å². The first-order valence-corrected chi connectivity index (χ1v) is 12.0. The zero-order chi connectivity index (χ0) is 23.4. The summed E-state index contributed by atoms with van der Waals surface area (Å²) in [6, 6.07) is 19.3. The number of rotatable bonds is 7. The van der Waals surface area contributed by atoms with E-state index in [9.17, 15) is 4.79 Å². The van der Waals surface area contributed by atoms with Gasteiger partial charge < -0.3 is 9.64 Å². The molecule has 32 heavy (non-hydrogen) atoms. The molecule has 174 valence electrons. The monoisotopic (exact) mass is 434 g/mol. The van der Waals surface area contributed by atoms with Crippen molar-refractivity contribution in [2.24, 2.45) is 11.8 Å². The summed E-state index contributed by atoms with van der Waals surface area (Å²) in [4.78, 5) is 15.6. The molecule has 0 N–H and O–H groups in total. The van der Waals surface area contributed by atoms with E-state index in [1.54, 1.807) is 0 Å². The summed E-state index contributed by atoms with van der Waals surface area (Å²) in [5.41, 5.74) is 3.57. The fraction of sp³-hybridized carbons (Fsp3) is 0.517. The number of piperidine rings is 1. The molecule has 1 heterocycles. The average molecular weight is 435 g/mol. The minimum atomic E-state index is -0.471. The van der Waals surface area contributed by atoms with E-state index in [0.29, 0.717) is 12.3 Å². The van der Waals surface area contributed by atoms with Crippen molar-refractivity contribution < 1.29 is 9.53 Å². The van der Waals surface area contributed by atoms with Gasteiger partial charge in [-0.3, -0.25) is 4.79 Å². The molecule has 0 amide bonds. The summed E-state index contributed by atoms with van der Waals surface area (Å²) >= 11 is 0. The normalized spacial score (nSPS) is 22.9. The zero-order valence-electron chi connectivity index (χ0n) is 20.7. The van der Waals surface area contributed by atoms with Crippen LogP contribution in [0.4, 0.5) is 0 Å². The molecule has 1 aliphatic heterocycles. The van der Waals surface area contributed by atoms with Gasteiger partial charge in [0.05, 0.1) is 5.92 Å². The molecule has 0 radical (unpaired) electrons. The van der Waals surface area contributed by atoms with Crippen molar-refractivity contribution in [2.75, 3.05) is 19.6 Å². The predicted octanol–water partition coefficient (Wildman–Crippen LogP) is 6.06. The first-order valence-electron chi connectivity index (χ1n) is 12.0. The van der Waals surface area contributed by atoms with Crippen LogP contribution in [0.1, 0.15) is 64.7 Å². The molecule has 0 bridgehead atoms. The van der Waals surface area contributed by atoms with Gasteiger partial charge in [-0.25, -0.2) is 0 Å². The predicted molar refractivity (Wildman–Crippen MR) is 133 cm³/mol. The third kappa shape index (κ3) is 6.16. The van der Waals surface area contributed by atoms with Gasteiger partial charge in [-0.1, -0.05) is 62.7 Å². The zero-order valence-corrected chi connectivity index (χ0v) is 20.7. The molecule has 3 nitrogen and oxygen atoms in total. The topological polar surface area (TPSA) is 29.5 Å². The van der Waals surface area contributed by atoms with Crippen LogP contribution in [-0.2, 0) is 21.4 Å². The van der Waals surface area contributed by atoms with Gasteiger partial charge in [-0.15, -0.1) is 6.07 Å². The lowest BCUT2D eigenvalue weighted by molar-refractivity contribution is -0.160. The molecule has 2 aromatic carbocycles. The summed E-state index contributed by atoms with van der Waals surface area (Å²) < 4.78 is 5.81. The van der Waals surface area contributed by atoms with E-state index >= 15 is 0 Å². The first-order chi connectivity index (χ1) is 15.1. The number of hydrogen-bond donors (Lipinski definition) is 0. The quantitative estimate of drug-likeness (QED) is 0.392. The van der Waals surface area contributed by atoms with Gasteiger partial charge >= 0.3 is 5.97 Å². The molecule has 3 rings (SSSR count). The lowest BCUT2D eigenvalue weighted by Crippen LogP contribution is -2.49. The van der Waals surface area contributed by atoms with Crippen molar-refractivity contribution in [3.8, 4) is 0 Å². The summed E-state index contributed by atoms with van der Waals surface area (Å²) in [5, 5.41) is 0. The second kappa shape index (κ2) is 10.1. The van der Waals surface area contributed by atoms with Crippen LogP contribution in [0.5, 0.6) is 0 Å². The summed E-state index contributed by atoms with van der Waals surface area (Å²) in [6.07, 6.45) is 3.97. The summed E-state index contributed by atoms with van der Waals surface area (Å²) in [6.45, 7) is 15.4. The third-order valence-electron chi connectivity index (χ3n) is 6.99. The number of carbonyl (C=O) groups is 1. The molecule has 1 aliphatic rings. The van der Waals surface area contributed by atoms with Crippen LogP contribution in [0.3, 0.4) is 0 Å². The number of esters is 1. The highest BCUT2D eigenvalue weighted by molar-refractivity contribution is 5.73. The van der Waals surface area contributed by atoms with Crippen LogP contribution in [0.2, 0.25) is 0 Å². The second-order valence-corrected chi connectivity index (χ2v) is 10.7. The van der Waals surface area contributed by atoms with E-state index in [1.165, 1.54) is 16.7 Å². The number of ether oxygens (including phenoxy) is 1. The van der Waals surface area contributed by atoms with Crippen LogP contribution in [0, 0.1) is 18.3 Å². The Kier molecular flexibility index (Phi) is 7.71. The van der Waals surface area contributed by atoms with Crippen molar-refractivity contribution >= 4 is 5.97 Å². The van der Waals surface area contributed by atoms with Gasteiger partial charge in [-0.2, -0.15) is 24.1 Å². The van der Waals surface area contributed by atoms with Crippen molar-refractivity contribution in [1.29, 1.82) is 0 Å². The maximum atomic E-state index is 13.1. The Morgan fingerprint density at radius 3 is 2.53 bits per heavy atom. The minimum absolute atomic E-state index is 0.0893. The molecule has 2 aromatic rings. The van der Waals surface area contributed by atoms with Crippen LogP contribution in [0.15, 0.2) is 54.6 Å². The van der Waals surface area contributed by atoms with Crippen LogP contribution in [-0.4, -0.2) is 36.1 Å². The minimum Gasteiger partial charge on any atom is -0.460 e. The molecule has 0 aromatic heterocycles. The summed E-state index contributed by atoms with van der Waals surface area (Å²) in [5.74, 6) is 0.249. The number of hydrogen-bond acceptors (Lipinski definition) is 3. The maximum Gasteiger partial charge on any atom is 0.311 e. The molecule has 0 spiro atoms. The van der Waals surface area contributed by atoms with Crippen LogP contribution in [0.25, 0.3) is 0 Å². The highest BCUT2D eigenvalue weighted by atomic mass is 16.6. The van der Waals surface area contributed by atoms with E-state index in [1.807, 2.05) is 39.0 Å². The first kappa shape index (κ1) is 24.4. The smallest absolute Gasteiger partial charge is 0.311 e. The Morgan fingerprint density at radius 1 is 1.19 bits per heavy atom. The highest BCUT2D eigenvalue weighted by Crippen LogP contribution is 2.40.